The summed E-state index contributed by atoms with van der Waals surface area (Å²) < 4.78 is 0. The van der Waals surface area contributed by atoms with E-state index in [9.17, 15) is 9.59 Å². The maximum Gasteiger partial charge on any atom is 0.253 e. The molecule has 1 aliphatic rings. The number of carbonyl (C=O) groups is 2. The van der Waals surface area contributed by atoms with E-state index in [1.807, 2.05) is 24.3 Å². The van der Waals surface area contributed by atoms with Crippen molar-refractivity contribution in [1.29, 1.82) is 0 Å². The highest BCUT2D eigenvalue weighted by molar-refractivity contribution is 9.08. The van der Waals surface area contributed by atoms with Crippen molar-refractivity contribution in [1.82, 2.24) is 10.2 Å². The second-order valence-electron chi connectivity index (χ2n) is 5.04. The number of rotatable bonds is 3. The Labute approximate surface area is 127 Å². The third kappa shape index (κ3) is 3.39. The van der Waals surface area contributed by atoms with Gasteiger partial charge in [-0.3, -0.25) is 9.59 Å². The SMILES string of the molecule is CNC(=O)C1CCCN(C(=O)c2ccc(CBr)cc2)C1. The fourth-order valence-electron chi connectivity index (χ4n) is 2.50. The van der Waals surface area contributed by atoms with Crippen LogP contribution in [0.4, 0.5) is 0 Å². The Bertz CT molecular complexity index is 487. The topological polar surface area (TPSA) is 49.4 Å². The predicted octanol–water partition coefficient (Wildman–Crippen LogP) is 2.18. The summed E-state index contributed by atoms with van der Waals surface area (Å²) in [6.45, 7) is 1.24. The fourth-order valence-corrected chi connectivity index (χ4v) is 2.87. The lowest BCUT2D eigenvalue weighted by Gasteiger charge is -2.31. The zero-order chi connectivity index (χ0) is 14.5. The second-order valence-corrected chi connectivity index (χ2v) is 5.60. The fraction of sp³-hybridized carbons (Fsp3) is 0.467. The molecule has 0 bridgehead atoms. The summed E-state index contributed by atoms with van der Waals surface area (Å²) in [6, 6.07) is 7.59. The van der Waals surface area contributed by atoms with Crippen molar-refractivity contribution >= 4 is 27.7 Å². The average molecular weight is 339 g/mol. The molecule has 20 heavy (non-hydrogen) atoms. The number of halogens is 1. The summed E-state index contributed by atoms with van der Waals surface area (Å²) >= 11 is 3.39. The van der Waals surface area contributed by atoms with Gasteiger partial charge in [-0.15, -0.1) is 0 Å². The minimum atomic E-state index is -0.0838. The first-order valence-electron chi connectivity index (χ1n) is 6.81. The number of benzene rings is 1. The maximum atomic E-state index is 12.4. The number of piperidine rings is 1. The number of hydrogen-bond acceptors (Lipinski definition) is 2. The van der Waals surface area contributed by atoms with Crippen molar-refractivity contribution in [2.45, 2.75) is 18.2 Å². The molecule has 0 aliphatic carbocycles. The van der Waals surface area contributed by atoms with E-state index < -0.39 is 0 Å². The van der Waals surface area contributed by atoms with Crippen LogP contribution in [0.2, 0.25) is 0 Å². The van der Waals surface area contributed by atoms with E-state index in [4.69, 9.17) is 0 Å². The Morgan fingerprint density at radius 3 is 2.65 bits per heavy atom. The molecular weight excluding hydrogens is 320 g/mol. The van der Waals surface area contributed by atoms with Gasteiger partial charge in [-0.25, -0.2) is 0 Å². The summed E-state index contributed by atoms with van der Waals surface area (Å²) in [4.78, 5) is 25.9. The van der Waals surface area contributed by atoms with Gasteiger partial charge < -0.3 is 10.2 Å². The highest BCUT2D eigenvalue weighted by Gasteiger charge is 2.28. The molecule has 0 saturated carbocycles. The molecule has 1 fully saturated rings. The molecule has 1 unspecified atom stereocenters. The van der Waals surface area contributed by atoms with E-state index in [1.165, 1.54) is 0 Å². The number of carbonyl (C=O) groups excluding carboxylic acids is 2. The molecule has 4 nitrogen and oxygen atoms in total. The van der Waals surface area contributed by atoms with Crippen LogP contribution >= 0.6 is 15.9 Å². The van der Waals surface area contributed by atoms with E-state index in [0.717, 1.165) is 30.3 Å². The van der Waals surface area contributed by atoms with Crippen LogP contribution in [0.1, 0.15) is 28.8 Å². The monoisotopic (exact) mass is 338 g/mol. The molecule has 1 aliphatic heterocycles. The van der Waals surface area contributed by atoms with Gasteiger partial charge in [0.25, 0.3) is 5.91 Å². The summed E-state index contributed by atoms with van der Waals surface area (Å²) in [7, 11) is 1.64. The molecule has 1 N–H and O–H groups in total. The molecule has 0 spiro atoms. The molecule has 0 radical (unpaired) electrons. The summed E-state index contributed by atoms with van der Waals surface area (Å²) in [5.74, 6) is -0.0450. The van der Waals surface area contributed by atoms with Gasteiger partial charge >= 0.3 is 0 Å². The van der Waals surface area contributed by atoms with Crippen LogP contribution in [0.5, 0.6) is 0 Å². The first-order valence-corrected chi connectivity index (χ1v) is 7.93. The van der Waals surface area contributed by atoms with Crippen LogP contribution < -0.4 is 5.32 Å². The van der Waals surface area contributed by atoms with Crippen LogP contribution in [0.3, 0.4) is 0 Å². The quantitative estimate of drug-likeness (QED) is 0.858. The minimum absolute atomic E-state index is 0.0136. The van der Waals surface area contributed by atoms with Crippen LogP contribution in [0.15, 0.2) is 24.3 Å². The van der Waals surface area contributed by atoms with Crippen molar-refractivity contribution in [2.75, 3.05) is 20.1 Å². The van der Waals surface area contributed by atoms with E-state index in [0.29, 0.717) is 12.1 Å². The second kappa shape index (κ2) is 6.88. The maximum absolute atomic E-state index is 12.4. The number of likely N-dealkylation sites (tertiary alicyclic amines) is 1. The van der Waals surface area contributed by atoms with Gasteiger partial charge in [0.1, 0.15) is 0 Å². The lowest BCUT2D eigenvalue weighted by atomic mass is 9.96. The van der Waals surface area contributed by atoms with Gasteiger partial charge in [-0.05, 0) is 30.5 Å². The zero-order valence-corrected chi connectivity index (χ0v) is 13.1. The summed E-state index contributed by atoms with van der Waals surface area (Å²) in [6.07, 6.45) is 1.73. The van der Waals surface area contributed by atoms with Crippen LogP contribution in [0, 0.1) is 5.92 Å². The Morgan fingerprint density at radius 1 is 1.35 bits per heavy atom. The largest absolute Gasteiger partial charge is 0.359 e. The van der Waals surface area contributed by atoms with Crippen molar-refractivity contribution in [3.63, 3.8) is 0 Å². The molecule has 0 aromatic heterocycles. The average Bonchev–Trinajstić information content (AvgIpc) is 2.53. The number of alkyl halides is 1. The molecule has 2 rings (SSSR count). The first-order chi connectivity index (χ1) is 9.65. The Kier molecular flexibility index (Phi) is 5.17. The lowest BCUT2D eigenvalue weighted by molar-refractivity contribution is -0.125. The summed E-state index contributed by atoms with van der Waals surface area (Å²) in [5.41, 5.74) is 1.83. The Hall–Kier alpha value is -1.36. The molecule has 1 saturated heterocycles. The lowest BCUT2D eigenvalue weighted by Crippen LogP contribution is -2.44. The molecule has 1 atom stereocenters. The zero-order valence-electron chi connectivity index (χ0n) is 11.6. The highest BCUT2D eigenvalue weighted by atomic mass is 79.9. The van der Waals surface area contributed by atoms with Gasteiger partial charge in [0, 0.05) is 31.0 Å². The van der Waals surface area contributed by atoms with Crippen LogP contribution in [-0.2, 0) is 10.1 Å². The third-order valence-electron chi connectivity index (χ3n) is 3.68. The van der Waals surface area contributed by atoms with Crippen molar-refractivity contribution < 1.29 is 9.59 Å². The first kappa shape index (κ1) is 15.0. The van der Waals surface area contributed by atoms with Crippen molar-refractivity contribution in [3.8, 4) is 0 Å². The van der Waals surface area contributed by atoms with E-state index in [2.05, 4.69) is 21.2 Å². The van der Waals surface area contributed by atoms with Crippen LogP contribution in [0.25, 0.3) is 0 Å². The van der Waals surface area contributed by atoms with E-state index in [1.54, 1.807) is 11.9 Å². The summed E-state index contributed by atoms with van der Waals surface area (Å²) in [5, 5.41) is 3.45. The van der Waals surface area contributed by atoms with Crippen molar-refractivity contribution in [3.05, 3.63) is 35.4 Å². The van der Waals surface area contributed by atoms with Gasteiger partial charge in [-0.1, -0.05) is 28.1 Å². The van der Waals surface area contributed by atoms with E-state index in [-0.39, 0.29) is 17.7 Å². The van der Waals surface area contributed by atoms with Gasteiger partial charge in [0.05, 0.1) is 5.92 Å². The highest BCUT2D eigenvalue weighted by Crippen LogP contribution is 2.19. The number of amides is 2. The van der Waals surface area contributed by atoms with Crippen molar-refractivity contribution in [2.24, 2.45) is 5.92 Å². The molecule has 5 heteroatoms. The molecular formula is C15H19BrN2O2. The number of nitrogens with zero attached hydrogens (tertiary/aromatic N) is 1. The van der Waals surface area contributed by atoms with Gasteiger partial charge in [-0.2, -0.15) is 0 Å². The third-order valence-corrected chi connectivity index (χ3v) is 4.33. The van der Waals surface area contributed by atoms with Crippen LogP contribution in [-0.4, -0.2) is 36.9 Å². The number of nitrogens with one attached hydrogen (secondary N) is 1. The molecule has 1 aromatic carbocycles. The Balaban J connectivity index is 2.05. The standard InChI is InChI=1S/C15H19BrN2O2/c1-17-14(19)13-3-2-8-18(10-13)15(20)12-6-4-11(9-16)5-7-12/h4-7,13H,2-3,8-10H2,1H3,(H,17,19). The molecule has 1 heterocycles. The minimum Gasteiger partial charge on any atom is -0.359 e. The number of hydrogen-bond donors (Lipinski definition) is 1. The van der Waals surface area contributed by atoms with E-state index >= 15 is 0 Å². The normalized spacial score (nSPS) is 18.7. The molecule has 108 valence electrons. The van der Waals surface area contributed by atoms with Gasteiger partial charge in [0.2, 0.25) is 5.91 Å². The van der Waals surface area contributed by atoms with Gasteiger partial charge in [0.15, 0.2) is 0 Å². The predicted molar refractivity (Wildman–Crippen MR) is 81.8 cm³/mol. The Morgan fingerprint density at radius 2 is 2.05 bits per heavy atom. The smallest absolute Gasteiger partial charge is 0.253 e. The molecule has 2 amide bonds. The molecule has 1 aromatic rings.